The SMILES string of the molecule is O=S(=O)([O-])c1ccc(N=Nc2ccc(N=Nc3ccc(/C=C/c4ccc(N=Nc5ccc(/C=C/c6ccc(N=Nc7ccc(N=Nc8ccc(S(=O)(=O)[O-])cc8)cc7)cc6S(=O)(=O)[O-])c(S(=O)(=O)[O-])c5)cc4S(=O)(=O)[O-])c(S(=O)(=O)[O-])c3)cc2)cc1.[Na+].[Na+].[Na+].[Na+].[Na+].[Na+]. The minimum atomic E-state index is -5.32. The molecular weight excluding hydrogens is 1380 g/mol. The van der Waals surface area contributed by atoms with Crippen LogP contribution in [0, 0.1) is 0 Å². The van der Waals surface area contributed by atoms with Gasteiger partial charge >= 0.3 is 177 Å². The number of azo groups is 5. The van der Waals surface area contributed by atoms with Crippen LogP contribution < -0.4 is 177 Å². The molecule has 0 fully saturated rings. The Balaban J connectivity index is 0.00000480. The maximum atomic E-state index is 12.5. The normalized spacial score (nSPS) is 12.4. The fourth-order valence-electron chi connectivity index (χ4n) is 7.23. The second-order valence-electron chi connectivity index (χ2n) is 17.3. The van der Waals surface area contributed by atoms with Crippen LogP contribution in [0.4, 0.5) is 56.9 Å². The van der Waals surface area contributed by atoms with Gasteiger partial charge in [0.2, 0.25) is 0 Å². The summed E-state index contributed by atoms with van der Waals surface area (Å²) >= 11 is 0. The molecule has 440 valence electrons. The molecule has 0 heterocycles. The fraction of sp³-hybridized carbons (Fsp3) is 0. The summed E-state index contributed by atoms with van der Waals surface area (Å²) in [5.74, 6) is 0. The Morgan fingerprint density at radius 2 is 0.348 bits per heavy atom. The minimum absolute atomic E-state index is 0. The number of nitrogens with zero attached hydrogens (tertiary/aromatic N) is 10. The van der Waals surface area contributed by atoms with E-state index in [4.69, 9.17) is 0 Å². The molecule has 8 aromatic rings. The average Bonchev–Trinajstić information content (AvgIpc) is 0.838. The Kier molecular flexibility index (Phi) is 33.5. The van der Waals surface area contributed by atoms with Crippen molar-refractivity contribution in [1.82, 2.24) is 0 Å². The summed E-state index contributed by atoms with van der Waals surface area (Å²) in [7, 11) is -30.4. The molecule has 8 aromatic carbocycles. The molecule has 40 heteroatoms. The summed E-state index contributed by atoms with van der Waals surface area (Å²) in [6, 6.07) is 34.1. The predicted molar refractivity (Wildman–Crippen MR) is 298 cm³/mol. The average molecular weight is 1420 g/mol. The third-order valence-corrected chi connectivity index (χ3v) is 16.6. The zero-order chi connectivity index (χ0) is 62.2. The summed E-state index contributed by atoms with van der Waals surface area (Å²) in [5, 5.41) is 39.6. The smallest absolute Gasteiger partial charge is 0.744 e. The topological polar surface area (TPSA) is 467 Å². The molecule has 0 bridgehead atoms. The van der Waals surface area contributed by atoms with Crippen LogP contribution in [0.5, 0.6) is 0 Å². The molecular formula is C52H32N10Na6O18S6. The number of rotatable bonds is 20. The second-order valence-corrected chi connectivity index (χ2v) is 25.5. The van der Waals surface area contributed by atoms with Crippen LogP contribution in [0.3, 0.4) is 0 Å². The van der Waals surface area contributed by atoms with Crippen molar-refractivity contribution in [2.45, 2.75) is 29.4 Å². The maximum absolute atomic E-state index is 12.5. The summed E-state index contributed by atoms with van der Waals surface area (Å²) in [6.07, 6.45) is 4.13. The minimum Gasteiger partial charge on any atom is -0.744 e. The van der Waals surface area contributed by atoms with Gasteiger partial charge in [0.15, 0.2) is 0 Å². The van der Waals surface area contributed by atoms with Gasteiger partial charge in [0.25, 0.3) is 0 Å². The van der Waals surface area contributed by atoms with E-state index in [0.717, 1.165) is 97.1 Å². The van der Waals surface area contributed by atoms with E-state index in [1.54, 1.807) is 0 Å². The van der Waals surface area contributed by atoms with Crippen molar-refractivity contribution in [3.63, 3.8) is 0 Å². The third-order valence-electron chi connectivity index (χ3n) is 11.3. The molecule has 0 saturated carbocycles. The van der Waals surface area contributed by atoms with Crippen molar-refractivity contribution in [1.29, 1.82) is 0 Å². The van der Waals surface area contributed by atoms with Crippen molar-refractivity contribution in [3.8, 4) is 0 Å². The molecule has 0 unspecified atom stereocenters. The quantitative estimate of drug-likeness (QED) is 0.0296. The first-order valence-electron chi connectivity index (χ1n) is 23.5. The number of hydrogen-bond donors (Lipinski definition) is 0. The molecule has 0 aliphatic heterocycles. The van der Waals surface area contributed by atoms with E-state index < -0.39 is 90.1 Å². The first-order valence-corrected chi connectivity index (χ1v) is 32.0. The van der Waals surface area contributed by atoms with Crippen molar-refractivity contribution >= 4 is 142 Å². The van der Waals surface area contributed by atoms with Gasteiger partial charge in [-0.1, -0.05) is 48.6 Å². The first-order chi connectivity index (χ1) is 40.3. The summed E-state index contributed by atoms with van der Waals surface area (Å²) in [5.41, 5.74) is -0.168. The van der Waals surface area contributed by atoms with Gasteiger partial charge in [-0.15, -0.1) is 0 Å². The van der Waals surface area contributed by atoms with Crippen LogP contribution in [0.15, 0.2) is 250 Å². The molecule has 0 aromatic heterocycles. The van der Waals surface area contributed by atoms with Gasteiger partial charge in [0.1, 0.15) is 60.7 Å². The van der Waals surface area contributed by atoms with E-state index in [0.29, 0.717) is 11.4 Å². The van der Waals surface area contributed by atoms with Crippen LogP contribution in [0.1, 0.15) is 22.3 Å². The largest absolute Gasteiger partial charge is 1.00 e. The number of benzene rings is 8. The van der Waals surface area contributed by atoms with Crippen LogP contribution in [-0.2, 0) is 60.7 Å². The van der Waals surface area contributed by atoms with E-state index in [9.17, 15) is 77.8 Å². The van der Waals surface area contributed by atoms with E-state index in [2.05, 4.69) is 51.1 Å². The Hall–Kier alpha value is -3.30. The second kappa shape index (κ2) is 36.3. The van der Waals surface area contributed by atoms with Crippen LogP contribution in [-0.4, -0.2) is 77.8 Å². The fourth-order valence-corrected chi connectivity index (χ4v) is 10.9. The molecule has 0 aliphatic rings. The molecule has 0 spiro atoms. The Morgan fingerprint density at radius 1 is 0.207 bits per heavy atom. The first kappa shape index (κ1) is 84.8. The van der Waals surface area contributed by atoms with Crippen LogP contribution >= 0.6 is 0 Å². The van der Waals surface area contributed by atoms with Gasteiger partial charge in [-0.2, -0.15) is 51.1 Å². The van der Waals surface area contributed by atoms with Gasteiger partial charge in [0.05, 0.1) is 86.2 Å². The van der Waals surface area contributed by atoms with Gasteiger partial charge < -0.3 is 27.3 Å². The predicted octanol–water partition coefficient (Wildman–Crippen LogP) is -6.45. The van der Waals surface area contributed by atoms with Crippen molar-refractivity contribution in [2.24, 2.45) is 51.1 Å². The molecule has 0 aliphatic carbocycles. The standard InChI is InChI=1S/C52H38N10O18S6.6Na/c63-81(64,65)47-25-21-41(22-26-47)55-53-37-13-17-39(18-14-37)57-59-43-9-5-33(49(29-43)83(69,70)71)1-3-35-7-11-45(31-51(35)85(75,76)77)61-62-46-12-8-36(52(32-46)86(78,79)80)4-2-34-6-10-44(30-50(34)84(72,73)74)60-58-40-19-15-38(16-20-40)54-56-42-23-27-48(28-24-42)82(66,67)68;;;;;;/h1-32H,(H,63,64,65)(H,66,67,68)(H,69,70,71)(H,72,73,74)(H,75,76,77)(H,78,79,80);;;;;;/q;6*+1/p-6/b3-1+,4-2+,55-53?,56-54?,59-57?,60-58?,62-61?;;;;;;. The van der Waals surface area contributed by atoms with Gasteiger partial charge in [-0.25, -0.2) is 50.5 Å². The third kappa shape index (κ3) is 25.0. The number of hydrogen-bond acceptors (Lipinski definition) is 28. The Labute approximate surface area is 659 Å². The molecule has 28 nitrogen and oxygen atoms in total. The molecule has 92 heavy (non-hydrogen) atoms. The van der Waals surface area contributed by atoms with E-state index in [-0.39, 0.29) is 245 Å². The van der Waals surface area contributed by atoms with E-state index in [1.807, 2.05) is 0 Å². The summed E-state index contributed by atoms with van der Waals surface area (Å²) in [4.78, 5) is -4.25. The van der Waals surface area contributed by atoms with Crippen molar-refractivity contribution < 1.29 is 255 Å². The summed E-state index contributed by atoms with van der Waals surface area (Å²) in [6.45, 7) is 0. The van der Waals surface area contributed by atoms with E-state index in [1.165, 1.54) is 97.1 Å². The monoisotopic (exact) mass is 1410 g/mol. The zero-order valence-electron chi connectivity index (χ0n) is 48.7. The Morgan fingerprint density at radius 3 is 0.500 bits per heavy atom. The van der Waals surface area contributed by atoms with Gasteiger partial charge in [0, 0.05) is 0 Å². The molecule has 0 atom stereocenters. The summed E-state index contributed by atoms with van der Waals surface area (Å²) < 4.78 is 216. The van der Waals surface area contributed by atoms with Crippen LogP contribution in [0.2, 0.25) is 0 Å². The van der Waals surface area contributed by atoms with Gasteiger partial charge in [-0.05, 0) is 168 Å². The van der Waals surface area contributed by atoms with Crippen molar-refractivity contribution in [2.75, 3.05) is 0 Å². The zero-order valence-corrected chi connectivity index (χ0v) is 65.6. The molecule has 0 N–H and O–H groups in total. The van der Waals surface area contributed by atoms with E-state index >= 15 is 0 Å². The Bertz CT molecular complexity index is 4620. The molecule has 8 rings (SSSR count). The van der Waals surface area contributed by atoms with Gasteiger partial charge in [-0.3, -0.25) is 0 Å². The van der Waals surface area contributed by atoms with Crippen LogP contribution in [0.25, 0.3) is 24.3 Å². The maximum Gasteiger partial charge on any atom is 1.00 e. The molecule has 0 saturated heterocycles. The molecule has 0 radical (unpaired) electrons. The van der Waals surface area contributed by atoms with Crippen molar-refractivity contribution in [3.05, 3.63) is 192 Å². The molecule has 0 amide bonds.